The number of aliphatic imine (C=N–C) groups is 2. The van der Waals surface area contributed by atoms with Crippen LogP contribution < -0.4 is 9.97 Å². The largest absolute Gasteiger partial charge is 2.00 e. The zero-order valence-electron chi connectivity index (χ0n) is 19.4. The van der Waals surface area contributed by atoms with Crippen LogP contribution in [-0.4, -0.2) is 16.4 Å². The van der Waals surface area contributed by atoms with E-state index in [4.69, 9.17) is 24.9 Å². The number of fused-ring (bicyclic) bond motifs is 8. The van der Waals surface area contributed by atoms with Gasteiger partial charge >= 0.3 is 16.5 Å². The molecule has 0 fully saturated rings. The van der Waals surface area contributed by atoms with Gasteiger partial charge in [0.05, 0.1) is 5.71 Å². The van der Waals surface area contributed by atoms with Gasteiger partial charge in [-0.1, -0.05) is 91.7 Å². The third-order valence-corrected chi connectivity index (χ3v) is 6.82. The molecule has 0 radical (unpaired) electrons. The molecule has 5 heterocycles. The summed E-state index contributed by atoms with van der Waals surface area (Å²) < 4.78 is 0. The molecule has 0 amide bonds. The summed E-state index contributed by atoms with van der Waals surface area (Å²) in [7, 11) is 0. The predicted octanol–water partition coefficient (Wildman–Crippen LogP) is 4.69. The molecule has 2 aromatic rings. The van der Waals surface area contributed by atoms with Crippen molar-refractivity contribution in [2.75, 3.05) is 0 Å². The first-order valence-electron chi connectivity index (χ1n) is 10.6. The number of aromatic nitrogens is 3. The van der Waals surface area contributed by atoms with Gasteiger partial charge in [-0.05, 0) is 5.69 Å². The summed E-state index contributed by atoms with van der Waals surface area (Å²) in [6.45, 7) is 17.4. The summed E-state index contributed by atoms with van der Waals surface area (Å²) in [5, 5.41) is 0. The van der Waals surface area contributed by atoms with Crippen molar-refractivity contribution in [3.63, 3.8) is 0 Å². The van der Waals surface area contributed by atoms with Crippen LogP contribution in [0.3, 0.4) is 0 Å². The minimum Gasteiger partial charge on any atom is -0.659 e. The standard InChI is InChI=1S/C25H29N5.Ni/c1-22(2)12-18-25(7,8)21-26-13-15(28-21)20-23(3,4)11-17(29-20)24(5,6)16-10-9-14(27-16)19(22)30-18;/h9-13H,1-8H3;/q-2;+2. The van der Waals surface area contributed by atoms with Gasteiger partial charge in [0.25, 0.3) is 0 Å². The zero-order chi connectivity index (χ0) is 21.7. The average molecular weight is 458 g/mol. The molecule has 5 nitrogen and oxygen atoms in total. The first kappa shape index (κ1) is 22.0. The van der Waals surface area contributed by atoms with Crippen LogP contribution in [0.1, 0.15) is 78.3 Å². The third kappa shape index (κ3) is 3.06. The van der Waals surface area contributed by atoms with Gasteiger partial charge < -0.3 is 15.0 Å². The van der Waals surface area contributed by atoms with Gasteiger partial charge in [0.1, 0.15) is 0 Å². The first-order valence-corrected chi connectivity index (χ1v) is 10.6. The maximum atomic E-state index is 5.08. The summed E-state index contributed by atoms with van der Waals surface area (Å²) >= 11 is 0. The summed E-state index contributed by atoms with van der Waals surface area (Å²) in [5.41, 5.74) is 5.65. The Morgan fingerprint density at radius 2 is 1.23 bits per heavy atom. The summed E-state index contributed by atoms with van der Waals surface area (Å²) in [4.78, 5) is 24.9. The Labute approximate surface area is 194 Å². The van der Waals surface area contributed by atoms with Crippen molar-refractivity contribution in [2.45, 2.75) is 66.2 Å². The molecular formula is C25H29N5Ni. The third-order valence-electron chi connectivity index (χ3n) is 6.82. The monoisotopic (exact) mass is 457 g/mol. The second kappa shape index (κ2) is 6.41. The Bertz CT molecular complexity index is 1100. The van der Waals surface area contributed by atoms with Crippen LogP contribution in [-0.2, 0) is 27.3 Å². The first-order chi connectivity index (χ1) is 13.8. The summed E-state index contributed by atoms with van der Waals surface area (Å²) in [6.07, 6.45) is 6.37. The molecule has 0 aromatic carbocycles. The van der Waals surface area contributed by atoms with Gasteiger partial charge in [0, 0.05) is 38.8 Å². The Balaban J connectivity index is 0.00000231. The molecule has 3 aliphatic heterocycles. The normalized spacial score (nSPS) is 23.7. The van der Waals surface area contributed by atoms with Crippen LogP contribution >= 0.6 is 0 Å². The van der Waals surface area contributed by atoms with Crippen molar-refractivity contribution >= 4 is 11.4 Å². The Hall–Kier alpha value is -2.20. The molecule has 0 aliphatic carbocycles. The molecule has 2 aromatic heterocycles. The van der Waals surface area contributed by atoms with Crippen molar-refractivity contribution in [2.24, 2.45) is 20.8 Å². The molecule has 5 rings (SSSR count). The number of hydrogen-bond donors (Lipinski definition) is 0. The van der Waals surface area contributed by atoms with E-state index >= 15 is 0 Å². The fourth-order valence-corrected chi connectivity index (χ4v) is 4.63. The molecule has 164 valence electrons. The van der Waals surface area contributed by atoms with Gasteiger partial charge in [0.15, 0.2) is 0 Å². The van der Waals surface area contributed by atoms with E-state index in [1.807, 2.05) is 6.20 Å². The number of imidazole rings is 1. The minimum absolute atomic E-state index is 0. The fourth-order valence-electron chi connectivity index (χ4n) is 4.63. The number of allylic oxidation sites excluding steroid dienone is 4. The van der Waals surface area contributed by atoms with Crippen LogP contribution in [0.4, 0.5) is 0 Å². The van der Waals surface area contributed by atoms with E-state index in [1.165, 1.54) is 0 Å². The molecular weight excluding hydrogens is 429 g/mol. The molecule has 0 unspecified atom stereocenters. The molecule has 8 bridgehead atoms. The van der Waals surface area contributed by atoms with Gasteiger partial charge in [-0.25, -0.2) is 0 Å². The van der Waals surface area contributed by atoms with Gasteiger partial charge in [-0.2, -0.15) is 0 Å². The fraction of sp³-hybridized carbons (Fsp3) is 0.480. The van der Waals surface area contributed by atoms with Gasteiger partial charge in [-0.3, -0.25) is 9.98 Å². The number of nitrogens with zero attached hydrogens (tertiary/aromatic N) is 5. The van der Waals surface area contributed by atoms with E-state index in [0.717, 1.165) is 45.7 Å². The maximum Gasteiger partial charge on any atom is 2.00 e. The van der Waals surface area contributed by atoms with Crippen LogP contribution in [0.25, 0.3) is 0 Å². The van der Waals surface area contributed by atoms with E-state index in [2.05, 4.69) is 79.7 Å². The van der Waals surface area contributed by atoms with Crippen molar-refractivity contribution < 1.29 is 16.5 Å². The van der Waals surface area contributed by atoms with Crippen molar-refractivity contribution in [1.82, 2.24) is 15.0 Å². The van der Waals surface area contributed by atoms with E-state index < -0.39 is 5.41 Å². The smallest absolute Gasteiger partial charge is 0.659 e. The van der Waals surface area contributed by atoms with Gasteiger partial charge in [0.2, 0.25) is 0 Å². The molecule has 0 N–H and O–H groups in total. The zero-order valence-corrected chi connectivity index (χ0v) is 20.4. The van der Waals surface area contributed by atoms with E-state index in [9.17, 15) is 0 Å². The predicted molar refractivity (Wildman–Crippen MR) is 120 cm³/mol. The van der Waals surface area contributed by atoms with E-state index in [0.29, 0.717) is 0 Å². The Morgan fingerprint density at radius 3 is 1.84 bits per heavy atom. The quantitative estimate of drug-likeness (QED) is 0.539. The van der Waals surface area contributed by atoms with Crippen LogP contribution in [0.5, 0.6) is 0 Å². The van der Waals surface area contributed by atoms with E-state index in [-0.39, 0.29) is 32.7 Å². The topological polar surface area (TPSA) is 65.8 Å². The van der Waals surface area contributed by atoms with Crippen LogP contribution in [0.15, 0.2) is 51.9 Å². The minimum atomic E-state index is -0.407. The second-order valence-electron chi connectivity index (χ2n) is 11.0. The van der Waals surface area contributed by atoms with Crippen LogP contribution in [0.2, 0.25) is 0 Å². The van der Waals surface area contributed by atoms with Crippen LogP contribution in [0, 0.1) is 10.8 Å². The molecule has 6 heteroatoms. The molecule has 0 spiro atoms. The molecule has 0 saturated carbocycles. The van der Waals surface area contributed by atoms with Crippen molar-refractivity contribution in [1.29, 1.82) is 0 Å². The summed E-state index contributed by atoms with van der Waals surface area (Å²) in [5.74, 6) is 0.781. The Kier molecular flexibility index (Phi) is 4.56. The van der Waals surface area contributed by atoms with Crippen molar-refractivity contribution in [3.05, 3.63) is 64.8 Å². The van der Waals surface area contributed by atoms with E-state index in [1.54, 1.807) is 0 Å². The van der Waals surface area contributed by atoms with Gasteiger partial charge in [-0.15, -0.1) is 11.4 Å². The number of rotatable bonds is 0. The molecule has 0 saturated heterocycles. The Morgan fingerprint density at radius 1 is 0.677 bits per heavy atom. The molecule has 31 heavy (non-hydrogen) atoms. The average Bonchev–Trinajstić information content (AvgIpc) is 3.37. The maximum absolute atomic E-state index is 5.08. The van der Waals surface area contributed by atoms with Crippen molar-refractivity contribution in [3.8, 4) is 0 Å². The second-order valence-corrected chi connectivity index (χ2v) is 11.0. The number of hydrogen-bond acceptors (Lipinski definition) is 3. The SMILES string of the molecule is CC1(C)C=C2N=C1c1ccc([n-]1)C(C)(C)C1=CC(C)(C)C(=N1)c1cnc([n-]1)C2(C)C.[Ni+2]. The molecule has 3 aliphatic rings. The summed E-state index contributed by atoms with van der Waals surface area (Å²) in [6, 6.07) is 4.22. The molecule has 0 atom stereocenters.